The van der Waals surface area contributed by atoms with Gasteiger partial charge < -0.3 is 82.9 Å². The van der Waals surface area contributed by atoms with Crippen LogP contribution in [-0.4, -0.2) is 170 Å². The van der Waals surface area contributed by atoms with Crippen LogP contribution < -0.4 is 33.7 Å². The van der Waals surface area contributed by atoms with Crippen LogP contribution in [0.15, 0.2) is 39.6 Å². The number of ether oxygens (including phenoxy) is 4. The fourth-order valence-electron chi connectivity index (χ4n) is 5.86. The van der Waals surface area contributed by atoms with E-state index in [0.29, 0.717) is 0 Å². The van der Waals surface area contributed by atoms with Gasteiger partial charge in [0, 0.05) is 18.0 Å². The van der Waals surface area contributed by atoms with Crippen molar-refractivity contribution in [2.24, 2.45) is 38.0 Å². The molecule has 1 saturated carbocycles. The normalized spacial score (nSPS) is 40.9. The molecule has 0 bridgehead atoms. The predicted molar refractivity (Wildman–Crippen MR) is 167 cm³/mol. The molecule has 15 atom stereocenters. The zero-order chi connectivity index (χ0) is 36.2. The summed E-state index contributed by atoms with van der Waals surface area (Å²) in [6.45, 7) is 0.673. The number of aliphatic imine (C=N–C) groups is 2. The lowest BCUT2D eigenvalue weighted by atomic mass is 9.81. The van der Waals surface area contributed by atoms with Gasteiger partial charge in [0.25, 0.3) is 5.91 Å². The van der Waals surface area contributed by atoms with Crippen LogP contribution >= 0.6 is 0 Å². The standard InChI is InChI=1S/C27H44N10O12/c1-9-27(45,8-34-37-22(44)10-3-5-33-6-4-10)21(49-23-14(32-2)18(42)15(39)11(7-38)47-23)24(46-9)48-20-13(36-26(30)31)16(40)12(35-25(28)29)17(41)19(20)43/h3-6,8-9,11-21,23-24,32,38-43,45H,7H2,1-2H3,(H,37,44)(H4,28,29,35)(H4,30,31,36)/b34-8+/t9-,11-,12-,13+,14-,15-,16-,17+,18-,19-,20-,21-,23-,24-,27+/m1/s1. The second kappa shape index (κ2) is 15.9. The largest absolute Gasteiger partial charge is 0.394 e. The van der Waals surface area contributed by atoms with Crippen molar-refractivity contribution < 1.29 is 59.5 Å². The van der Waals surface area contributed by atoms with Gasteiger partial charge in [0.15, 0.2) is 30.1 Å². The van der Waals surface area contributed by atoms with E-state index < -0.39 is 116 Å². The Morgan fingerprint density at radius 3 is 2.16 bits per heavy atom. The fourth-order valence-corrected chi connectivity index (χ4v) is 5.86. The molecule has 1 aromatic rings. The topological polar surface area (TPSA) is 374 Å². The van der Waals surface area contributed by atoms with Gasteiger partial charge in [-0.2, -0.15) is 5.10 Å². The number of nitrogens with zero attached hydrogens (tertiary/aromatic N) is 4. The van der Waals surface area contributed by atoms with E-state index in [2.05, 4.69) is 30.8 Å². The Morgan fingerprint density at radius 1 is 0.939 bits per heavy atom. The molecule has 2 aliphatic heterocycles. The van der Waals surface area contributed by atoms with Crippen molar-refractivity contribution in [3.63, 3.8) is 0 Å². The van der Waals surface area contributed by atoms with Gasteiger partial charge in [-0.1, -0.05) is 0 Å². The zero-order valence-corrected chi connectivity index (χ0v) is 26.4. The van der Waals surface area contributed by atoms with Gasteiger partial charge in [-0.25, -0.2) is 15.4 Å². The van der Waals surface area contributed by atoms with E-state index in [0.717, 1.165) is 6.21 Å². The van der Waals surface area contributed by atoms with E-state index in [1.54, 1.807) is 0 Å². The first-order chi connectivity index (χ1) is 23.1. The molecule has 3 aliphatic rings. The molecule has 0 unspecified atom stereocenters. The Morgan fingerprint density at radius 2 is 1.57 bits per heavy atom. The lowest BCUT2D eigenvalue weighted by Crippen LogP contribution is -2.66. The van der Waals surface area contributed by atoms with Crippen LogP contribution in [0.3, 0.4) is 0 Å². The monoisotopic (exact) mass is 700 g/mol. The van der Waals surface area contributed by atoms with Gasteiger partial charge in [0.05, 0.1) is 25.0 Å². The summed E-state index contributed by atoms with van der Waals surface area (Å²) in [5.74, 6) is -1.71. The lowest BCUT2D eigenvalue weighted by Gasteiger charge is -2.45. The molecule has 1 amide bonds. The number of nitrogens with two attached hydrogens (primary N) is 4. The number of carbonyl (C=O) groups excluding carboxylic acids is 1. The summed E-state index contributed by atoms with van der Waals surface area (Å²) in [4.78, 5) is 24.2. The second-order valence-electron chi connectivity index (χ2n) is 11.7. The lowest BCUT2D eigenvalue weighted by molar-refractivity contribution is -0.313. The maximum Gasteiger partial charge on any atom is 0.271 e. The first-order valence-corrected chi connectivity index (χ1v) is 15.1. The van der Waals surface area contributed by atoms with Crippen molar-refractivity contribution in [2.75, 3.05) is 13.7 Å². The maximum atomic E-state index is 12.6. The number of amides is 1. The molecule has 22 nitrogen and oxygen atoms in total. The third-order valence-electron chi connectivity index (χ3n) is 8.53. The van der Waals surface area contributed by atoms with Gasteiger partial charge in [-0.05, 0) is 26.1 Å². The van der Waals surface area contributed by atoms with Gasteiger partial charge >= 0.3 is 0 Å². The summed E-state index contributed by atoms with van der Waals surface area (Å²) in [6.07, 6.45) is -14.0. The van der Waals surface area contributed by atoms with E-state index in [1.165, 1.54) is 38.5 Å². The number of aliphatic hydroxyl groups is 7. The summed E-state index contributed by atoms with van der Waals surface area (Å²) in [7, 11) is 1.43. The Balaban J connectivity index is 1.71. The molecule has 0 aromatic carbocycles. The van der Waals surface area contributed by atoms with Crippen LogP contribution in [0.1, 0.15) is 17.3 Å². The minimum atomic E-state index is -2.28. The maximum absolute atomic E-state index is 12.6. The van der Waals surface area contributed by atoms with Crippen molar-refractivity contribution in [3.8, 4) is 0 Å². The summed E-state index contributed by atoms with van der Waals surface area (Å²) in [5, 5.41) is 82.7. The highest BCUT2D eigenvalue weighted by molar-refractivity contribution is 5.94. The van der Waals surface area contributed by atoms with Crippen LogP contribution in [0.4, 0.5) is 0 Å². The first-order valence-electron chi connectivity index (χ1n) is 15.1. The average Bonchev–Trinajstić information content (AvgIpc) is 3.29. The van der Waals surface area contributed by atoms with Gasteiger partial charge in [0.2, 0.25) is 0 Å². The number of hydrogen-bond acceptors (Lipinski definition) is 17. The number of hydrogen-bond donors (Lipinski definition) is 13. The Labute approximate surface area is 279 Å². The Hall–Kier alpha value is -3.65. The molecular weight excluding hydrogens is 656 g/mol. The number of hydrazone groups is 1. The molecular formula is C27H44N10O12. The first kappa shape index (κ1) is 38.2. The highest BCUT2D eigenvalue weighted by Gasteiger charge is 2.60. The van der Waals surface area contributed by atoms with Crippen LogP contribution in [0.25, 0.3) is 0 Å². The molecule has 4 rings (SSSR count). The molecule has 3 heterocycles. The van der Waals surface area contributed by atoms with Gasteiger partial charge in [0.1, 0.15) is 60.9 Å². The smallest absolute Gasteiger partial charge is 0.271 e. The average molecular weight is 701 g/mol. The van der Waals surface area contributed by atoms with Crippen molar-refractivity contribution in [2.45, 2.75) is 98.2 Å². The summed E-state index contributed by atoms with van der Waals surface area (Å²) in [6, 6.07) is -1.32. The number of carbonyl (C=O) groups is 1. The van der Waals surface area contributed by atoms with E-state index in [-0.39, 0.29) is 5.56 Å². The molecule has 49 heavy (non-hydrogen) atoms. The van der Waals surface area contributed by atoms with Crippen molar-refractivity contribution in [3.05, 3.63) is 30.1 Å². The van der Waals surface area contributed by atoms with Gasteiger partial charge in [-0.3, -0.25) is 9.78 Å². The molecule has 1 aliphatic carbocycles. The molecule has 0 radical (unpaired) electrons. The number of guanidine groups is 2. The van der Waals surface area contributed by atoms with Gasteiger partial charge in [-0.15, -0.1) is 0 Å². The number of rotatable bonds is 11. The second-order valence-corrected chi connectivity index (χ2v) is 11.7. The predicted octanol–water partition coefficient (Wildman–Crippen LogP) is -7.55. The molecule has 1 aromatic heterocycles. The quantitative estimate of drug-likeness (QED) is 0.0579. The molecule has 2 saturated heterocycles. The molecule has 22 heteroatoms. The number of likely N-dealkylation sites (N-methyl/N-ethyl adjacent to an activating group) is 1. The minimum Gasteiger partial charge on any atom is -0.394 e. The fraction of sp³-hybridized carbons (Fsp3) is 0.667. The molecule has 17 N–H and O–H groups in total. The van der Waals surface area contributed by atoms with E-state index in [4.69, 9.17) is 41.9 Å². The van der Waals surface area contributed by atoms with E-state index in [9.17, 15) is 40.5 Å². The number of pyridine rings is 1. The van der Waals surface area contributed by atoms with Crippen LogP contribution in [0.2, 0.25) is 0 Å². The third-order valence-corrected chi connectivity index (χ3v) is 8.53. The highest BCUT2D eigenvalue weighted by atomic mass is 16.8. The van der Waals surface area contributed by atoms with Crippen LogP contribution in [0, 0.1) is 0 Å². The number of nitrogens with one attached hydrogen (secondary N) is 2. The highest BCUT2D eigenvalue weighted by Crippen LogP contribution is 2.38. The van der Waals surface area contributed by atoms with Crippen LogP contribution in [-0.2, 0) is 18.9 Å². The zero-order valence-electron chi connectivity index (χ0n) is 26.4. The SMILES string of the molecule is CN[C@H]1[C@@H](O[C@@H]2[C@@H](O[C@H]3[C@H](O)[C@@H](O)[C@H](N=C(N)N)[C@@H](O)[C@@H]3N=C(N)N)O[C@H](C)[C@@]2(O)/C=N/NC(=O)c2ccncc2)O[C@H](CO)[C@@H](O)[C@@H]1O. The Bertz CT molecular complexity index is 1350. The molecule has 274 valence electrons. The third kappa shape index (κ3) is 8.06. The molecule has 0 spiro atoms. The van der Waals surface area contributed by atoms with Crippen molar-refractivity contribution in [1.82, 2.24) is 15.7 Å². The summed E-state index contributed by atoms with van der Waals surface area (Å²) < 4.78 is 23.8. The van der Waals surface area contributed by atoms with Crippen molar-refractivity contribution >= 4 is 24.0 Å². The summed E-state index contributed by atoms with van der Waals surface area (Å²) >= 11 is 0. The molecule has 3 fully saturated rings. The van der Waals surface area contributed by atoms with E-state index >= 15 is 0 Å². The number of aromatic nitrogens is 1. The Kier molecular flexibility index (Phi) is 12.4. The van der Waals surface area contributed by atoms with Crippen LogP contribution in [0.5, 0.6) is 0 Å². The number of aliphatic hydroxyl groups excluding tert-OH is 6. The van der Waals surface area contributed by atoms with Crippen molar-refractivity contribution in [1.29, 1.82) is 0 Å². The minimum absolute atomic E-state index is 0.201. The van der Waals surface area contributed by atoms with E-state index in [1.807, 2.05) is 0 Å². The summed E-state index contributed by atoms with van der Waals surface area (Å²) in [5.41, 5.74) is 22.3.